The van der Waals surface area contributed by atoms with Crippen LogP contribution in [0.3, 0.4) is 0 Å². The van der Waals surface area contributed by atoms with Crippen molar-refractivity contribution < 1.29 is 9.32 Å². The molecule has 0 saturated heterocycles. The van der Waals surface area contributed by atoms with Crippen molar-refractivity contribution in [3.05, 3.63) is 35.8 Å². The van der Waals surface area contributed by atoms with Crippen LogP contribution in [0.4, 0.5) is 11.6 Å². The SMILES string of the molecule is Cc1cc(NC(=O)Cc2ccc(N)cn2)on1. The number of nitrogens with two attached hydrogens (primary N) is 1. The van der Waals surface area contributed by atoms with Crippen molar-refractivity contribution in [3.63, 3.8) is 0 Å². The Bertz CT molecular complexity index is 519. The van der Waals surface area contributed by atoms with E-state index in [4.69, 9.17) is 10.3 Å². The summed E-state index contributed by atoms with van der Waals surface area (Å²) in [6, 6.07) is 5.06. The Kier molecular flexibility index (Phi) is 3.04. The van der Waals surface area contributed by atoms with Crippen LogP contribution in [-0.4, -0.2) is 16.0 Å². The highest BCUT2D eigenvalue weighted by Gasteiger charge is 2.08. The molecule has 3 N–H and O–H groups in total. The number of nitrogen functional groups attached to an aromatic ring is 1. The molecule has 2 aromatic rings. The van der Waals surface area contributed by atoms with Gasteiger partial charge in [-0.2, -0.15) is 0 Å². The molecule has 17 heavy (non-hydrogen) atoms. The van der Waals surface area contributed by atoms with Gasteiger partial charge in [0.15, 0.2) is 0 Å². The first-order valence-corrected chi connectivity index (χ1v) is 5.07. The molecule has 0 fully saturated rings. The van der Waals surface area contributed by atoms with Gasteiger partial charge in [-0.3, -0.25) is 15.1 Å². The zero-order valence-electron chi connectivity index (χ0n) is 9.30. The van der Waals surface area contributed by atoms with Crippen LogP contribution in [0.5, 0.6) is 0 Å². The van der Waals surface area contributed by atoms with Crippen LogP contribution in [0.15, 0.2) is 28.9 Å². The molecule has 0 aromatic carbocycles. The number of aryl methyl sites for hydroxylation is 1. The maximum absolute atomic E-state index is 11.6. The second-order valence-corrected chi connectivity index (χ2v) is 3.64. The summed E-state index contributed by atoms with van der Waals surface area (Å²) in [5.74, 6) is 0.126. The largest absolute Gasteiger partial charge is 0.397 e. The highest BCUT2D eigenvalue weighted by molar-refractivity contribution is 5.90. The smallest absolute Gasteiger partial charge is 0.232 e. The van der Waals surface area contributed by atoms with Gasteiger partial charge in [0.25, 0.3) is 0 Å². The second kappa shape index (κ2) is 4.65. The first kappa shape index (κ1) is 11.1. The summed E-state index contributed by atoms with van der Waals surface area (Å²) in [6.45, 7) is 1.78. The molecule has 0 saturated carbocycles. The van der Waals surface area contributed by atoms with Crippen LogP contribution < -0.4 is 11.1 Å². The molecule has 88 valence electrons. The number of hydrogen-bond donors (Lipinski definition) is 2. The summed E-state index contributed by atoms with van der Waals surface area (Å²) in [5, 5.41) is 6.25. The monoisotopic (exact) mass is 232 g/mol. The lowest BCUT2D eigenvalue weighted by atomic mass is 10.2. The Morgan fingerprint density at radius 1 is 1.53 bits per heavy atom. The highest BCUT2D eigenvalue weighted by Crippen LogP contribution is 2.09. The molecule has 0 aliphatic heterocycles. The Morgan fingerprint density at radius 2 is 2.35 bits per heavy atom. The van der Waals surface area contributed by atoms with Crippen LogP contribution >= 0.6 is 0 Å². The van der Waals surface area contributed by atoms with E-state index in [1.165, 1.54) is 6.20 Å². The van der Waals surface area contributed by atoms with Gasteiger partial charge in [-0.15, -0.1) is 0 Å². The summed E-state index contributed by atoms with van der Waals surface area (Å²) >= 11 is 0. The van der Waals surface area contributed by atoms with Crippen LogP contribution in [0, 0.1) is 6.92 Å². The number of carbonyl (C=O) groups is 1. The summed E-state index contributed by atoms with van der Waals surface area (Å²) in [6.07, 6.45) is 1.68. The van der Waals surface area contributed by atoms with Crippen molar-refractivity contribution in [1.82, 2.24) is 10.1 Å². The highest BCUT2D eigenvalue weighted by atomic mass is 16.5. The number of nitrogens with zero attached hydrogens (tertiary/aromatic N) is 2. The quantitative estimate of drug-likeness (QED) is 0.827. The third-order valence-corrected chi connectivity index (χ3v) is 2.08. The standard InChI is InChI=1S/C11H12N4O2/c1-7-4-11(17-15-7)14-10(16)5-9-3-2-8(12)6-13-9/h2-4,6H,5,12H2,1H3,(H,14,16). The molecular formula is C11H12N4O2. The molecule has 0 radical (unpaired) electrons. The molecule has 6 nitrogen and oxygen atoms in total. The zero-order valence-corrected chi connectivity index (χ0v) is 9.30. The number of anilines is 2. The van der Waals surface area contributed by atoms with Crippen molar-refractivity contribution in [3.8, 4) is 0 Å². The van der Waals surface area contributed by atoms with E-state index in [2.05, 4.69) is 15.5 Å². The minimum atomic E-state index is -0.210. The average molecular weight is 232 g/mol. The topological polar surface area (TPSA) is 94.0 Å². The third kappa shape index (κ3) is 3.04. The van der Waals surface area contributed by atoms with E-state index in [9.17, 15) is 4.79 Å². The van der Waals surface area contributed by atoms with E-state index in [1.807, 2.05) is 0 Å². The maximum Gasteiger partial charge on any atom is 0.232 e. The van der Waals surface area contributed by atoms with Crippen LogP contribution in [0.25, 0.3) is 0 Å². The van der Waals surface area contributed by atoms with Crippen LogP contribution in [0.2, 0.25) is 0 Å². The van der Waals surface area contributed by atoms with E-state index in [-0.39, 0.29) is 12.3 Å². The van der Waals surface area contributed by atoms with Gasteiger partial charge in [0.05, 0.1) is 24.0 Å². The fraction of sp³-hybridized carbons (Fsp3) is 0.182. The molecule has 0 aliphatic carbocycles. The zero-order chi connectivity index (χ0) is 12.3. The number of aromatic nitrogens is 2. The molecule has 6 heteroatoms. The van der Waals surface area contributed by atoms with E-state index < -0.39 is 0 Å². The van der Waals surface area contributed by atoms with Crippen molar-refractivity contribution in [2.45, 2.75) is 13.3 Å². The lowest BCUT2D eigenvalue weighted by Gasteiger charge is -2.01. The summed E-state index contributed by atoms with van der Waals surface area (Å²) in [7, 11) is 0. The molecular weight excluding hydrogens is 220 g/mol. The fourth-order valence-corrected chi connectivity index (χ4v) is 1.31. The molecule has 0 bridgehead atoms. The number of rotatable bonds is 3. The Balaban J connectivity index is 1.95. The third-order valence-electron chi connectivity index (χ3n) is 2.08. The number of nitrogens with one attached hydrogen (secondary N) is 1. The molecule has 0 unspecified atom stereocenters. The average Bonchev–Trinajstić information content (AvgIpc) is 2.67. The van der Waals surface area contributed by atoms with Gasteiger partial charge in [0, 0.05) is 11.8 Å². The van der Waals surface area contributed by atoms with Crippen LogP contribution in [0.1, 0.15) is 11.4 Å². The minimum absolute atomic E-state index is 0.167. The van der Waals surface area contributed by atoms with E-state index in [1.54, 1.807) is 25.1 Å². The van der Waals surface area contributed by atoms with E-state index in [0.717, 1.165) is 0 Å². The van der Waals surface area contributed by atoms with Crippen molar-refractivity contribution in [2.75, 3.05) is 11.1 Å². The molecule has 0 atom stereocenters. The normalized spacial score (nSPS) is 10.2. The van der Waals surface area contributed by atoms with Gasteiger partial charge >= 0.3 is 0 Å². The molecule has 0 aliphatic rings. The predicted molar refractivity (Wildman–Crippen MR) is 62.2 cm³/mol. The Labute approximate surface area is 97.8 Å². The van der Waals surface area contributed by atoms with Gasteiger partial charge in [-0.25, -0.2) is 0 Å². The van der Waals surface area contributed by atoms with Crippen molar-refractivity contribution >= 4 is 17.5 Å². The van der Waals surface area contributed by atoms with Crippen molar-refractivity contribution in [2.24, 2.45) is 0 Å². The number of amides is 1. The summed E-state index contributed by atoms with van der Waals surface area (Å²) in [5.41, 5.74) is 7.43. The van der Waals surface area contributed by atoms with Gasteiger partial charge in [-0.1, -0.05) is 5.16 Å². The first-order valence-electron chi connectivity index (χ1n) is 5.07. The van der Waals surface area contributed by atoms with Crippen molar-refractivity contribution in [1.29, 1.82) is 0 Å². The Hall–Kier alpha value is -2.37. The lowest BCUT2D eigenvalue weighted by Crippen LogP contribution is -2.14. The van der Waals surface area contributed by atoms with Gasteiger partial charge in [0.1, 0.15) is 0 Å². The molecule has 1 amide bonds. The van der Waals surface area contributed by atoms with Gasteiger partial charge < -0.3 is 10.3 Å². The summed E-state index contributed by atoms with van der Waals surface area (Å²) < 4.78 is 4.87. The second-order valence-electron chi connectivity index (χ2n) is 3.64. The fourth-order valence-electron chi connectivity index (χ4n) is 1.31. The minimum Gasteiger partial charge on any atom is -0.397 e. The predicted octanol–water partition coefficient (Wildman–Crippen LogP) is 1.14. The first-order chi connectivity index (χ1) is 8.13. The number of carbonyl (C=O) groups excluding carboxylic acids is 1. The number of pyridine rings is 1. The molecule has 0 spiro atoms. The molecule has 2 rings (SSSR count). The lowest BCUT2D eigenvalue weighted by molar-refractivity contribution is -0.115. The maximum atomic E-state index is 11.6. The van der Waals surface area contributed by atoms with Crippen LogP contribution in [-0.2, 0) is 11.2 Å². The van der Waals surface area contributed by atoms with Gasteiger partial charge in [-0.05, 0) is 19.1 Å². The molecule has 2 aromatic heterocycles. The van der Waals surface area contributed by atoms with E-state index >= 15 is 0 Å². The van der Waals surface area contributed by atoms with Gasteiger partial charge in [0.2, 0.25) is 11.8 Å². The molecule has 2 heterocycles. The Morgan fingerprint density at radius 3 is 2.94 bits per heavy atom. The number of hydrogen-bond acceptors (Lipinski definition) is 5. The van der Waals surface area contributed by atoms with E-state index in [0.29, 0.717) is 23.0 Å². The summed E-state index contributed by atoms with van der Waals surface area (Å²) in [4.78, 5) is 15.6.